The van der Waals surface area contributed by atoms with Crippen LogP contribution >= 0.6 is 0 Å². The van der Waals surface area contributed by atoms with Gasteiger partial charge in [-0.05, 0) is 13.8 Å². The summed E-state index contributed by atoms with van der Waals surface area (Å²) in [6, 6.07) is 0. The Morgan fingerprint density at radius 1 is 1.33 bits per heavy atom. The number of rotatable bonds is 4. The van der Waals surface area contributed by atoms with Crippen LogP contribution in [0.25, 0.3) is 0 Å². The van der Waals surface area contributed by atoms with Gasteiger partial charge in [0.2, 0.25) is 0 Å². The minimum Gasteiger partial charge on any atom is -0.276 e. The highest BCUT2D eigenvalue weighted by atomic mass is 32.2. The van der Waals surface area contributed by atoms with Crippen molar-refractivity contribution in [1.29, 1.82) is 0 Å². The van der Waals surface area contributed by atoms with Crippen LogP contribution in [-0.2, 0) is 23.6 Å². The van der Waals surface area contributed by atoms with E-state index in [0.29, 0.717) is 12.2 Å². The first kappa shape index (κ1) is 12.6. The molecule has 2 heterocycles. The first-order valence-corrected chi connectivity index (χ1v) is 6.96. The second-order valence-corrected chi connectivity index (χ2v) is 5.59. The summed E-state index contributed by atoms with van der Waals surface area (Å²) in [5.41, 5.74) is 1.23. The van der Waals surface area contributed by atoms with E-state index in [1.807, 2.05) is 6.92 Å². The number of hydrogen-bond donors (Lipinski definition) is 1. The highest BCUT2D eigenvalue weighted by Gasteiger charge is 2.18. The standard InChI is InChI=1S/C10H15N5O2S/c1-4-15-7-9(5-12-15)18(16,17)13-10-6-11-14(3)8(10)2/h5-7,13H,4H2,1-3H3. The highest BCUT2D eigenvalue weighted by molar-refractivity contribution is 7.92. The quantitative estimate of drug-likeness (QED) is 0.887. The number of aryl methyl sites for hydroxylation is 2. The molecule has 0 bridgehead atoms. The van der Waals surface area contributed by atoms with E-state index in [4.69, 9.17) is 0 Å². The lowest BCUT2D eigenvalue weighted by atomic mass is 10.4. The summed E-state index contributed by atoms with van der Waals surface area (Å²) in [4.78, 5) is 0.146. The van der Waals surface area contributed by atoms with Crippen LogP contribution in [-0.4, -0.2) is 28.0 Å². The summed E-state index contributed by atoms with van der Waals surface area (Å²) in [5.74, 6) is 0. The fourth-order valence-corrected chi connectivity index (χ4v) is 2.51. The third kappa shape index (κ3) is 2.23. The molecule has 0 atom stereocenters. The summed E-state index contributed by atoms with van der Waals surface area (Å²) in [6.07, 6.45) is 4.31. The molecule has 2 rings (SSSR count). The van der Waals surface area contributed by atoms with E-state index in [2.05, 4.69) is 14.9 Å². The molecule has 0 spiro atoms. The van der Waals surface area contributed by atoms with Gasteiger partial charge in [-0.1, -0.05) is 0 Å². The van der Waals surface area contributed by atoms with Crippen molar-refractivity contribution < 1.29 is 8.42 Å². The molecule has 0 saturated carbocycles. The fraction of sp³-hybridized carbons (Fsp3) is 0.400. The number of anilines is 1. The van der Waals surface area contributed by atoms with E-state index >= 15 is 0 Å². The van der Waals surface area contributed by atoms with Gasteiger partial charge in [0.25, 0.3) is 10.0 Å². The van der Waals surface area contributed by atoms with Crippen LogP contribution in [0, 0.1) is 6.92 Å². The van der Waals surface area contributed by atoms with Gasteiger partial charge in [-0.2, -0.15) is 10.2 Å². The second-order valence-electron chi connectivity index (χ2n) is 3.90. The Labute approximate surface area is 105 Å². The summed E-state index contributed by atoms with van der Waals surface area (Å²) >= 11 is 0. The molecule has 0 fully saturated rings. The van der Waals surface area contributed by atoms with E-state index < -0.39 is 10.0 Å². The smallest absolute Gasteiger partial charge is 0.265 e. The van der Waals surface area contributed by atoms with E-state index in [1.165, 1.54) is 18.6 Å². The first-order valence-electron chi connectivity index (χ1n) is 5.48. The predicted molar refractivity (Wildman–Crippen MR) is 66.7 cm³/mol. The third-order valence-corrected chi connectivity index (χ3v) is 4.04. The molecule has 0 radical (unpaired) electrons. The number of sulfonamides is 1. The molecule has 0 unspecified atom stereocenters. The molecule has 0 aromatic carbocycles. The monoisotopic (exact) mass is 269 g/mol. The maximum atomic E-state index is 12.1. The van der Waals surface area contributed by atoms with Gasteiger partial charge < -0.3 is 0 Å². The summed E-state index contributed by atoms with van der Waals surface area (Å²) in [6.45, 7) is 4.31. The van der Waals surface area contributed by atoms with Crippen molar-refractivity contribution in [3.05, 3.63) is 24.3 Å². The van der Waals surface area contributed by atoms with Crippen LogP contribution < -0.4 is 4.72 Å². The molecular formula is C10H15N5O2S. The largest absolute Gasteiger partial charge is 0.276 e. The Morgan fingerprint density at radius 2 is 2.06 bits per heavy atom. The van der Waals surface area contributed by atoms with Crippen molar-refractivity contribution in [1.82, 2.24) is 19.6 Å². The van der Waals surface area contributed by atoms with Gasteiger partial charge in [0.15, 0.2) is 0 Å². The van der Waals surface area contributed by atoms with Crippen molar-refractivity contribution in [2.45, 2.75) is 25.3 Å². The van der Waals surface area contributed by atoms with Crippen molar-refractivity contribution >= 4 is 15.7 Å². The molecule has 0 amide bonds. The van der Waals surface area contributed by atoms with Crippen molar-refractivity contribution in [2.75, 3.05) is 4.72 Å². The van der Waals surface area contributed by atoms with E-state index in [9.17, 15) is 8.42 Å². The van der Waals surface area contributed by atoms with Gasteiger partial charge >= 0.3 is 0 Å². The summed E-state index contributed by atoms with van der Waals surface area (Å²) in [5, 5.41) is 7.93. The van der Waals surface area contributed by atoms with Crippen molar-refractivity contribution in [2.24, 2.45) is 7.05 Å². The maximum absolute atomic E-state index is 12.1. The zero-order chi connectivity index (χ0) is 13.3. The lowest BCUT2D eigenvalue weighted by molar-refractivity contribution is 0.600. The Kier molecular flexibility index (Phi) is 3.12. The van der Waals surface area contributed by atoms with Crippen LogP contribution in [0.5, 0.6) is 0 Å². The van der Waals surface area contributed by atoms with E-state index in [1.54, 1.807) is 23.3 Å². The molecule has 1 N–H and O–H groups in total. The topological polar surface area (TPSA) is 81.8 Å². The lowest BCUT2D eigenvalue weighted by Crippen LogP contribution is -2.13. The average Bonchev–Trinajstić information content (AvgIpc) is 2.91. The number of nitrogens with zero attached hydrogens (tertiary/aromatic N) is 4. The summed E-state index contributed by atoms with van der Waals surface area (Å²) < 4.78 is 29.8. The van der Waals surface area contributed by atoms with Gasteiger partial charge in [0.1, 0.15) is 4.90 Å². The van der Waals surface area contributed by atoms with E-state index in [0.717, 1.165) is 5.69 Å². The van der Waals surface area contributed by atoms with Crippen molar-refractivity contribution in [3.8, 4) is 0 Å². The third-order valence-electron chi connectivity index (χ3n) is 2.72. The predicted octanol–water partition coefficient (Wildman–Crippen LogP) is 0.746. The Morgan fingerprint density at radius 3 is 2.56 bits per heavy atom. The number of nitrogens with one attached hydrogen (secondary N) is 1. The van der Waals surface area contributed by atoms with Gasteiger partial charge in [-0.15, -0.1) is 0 Å². The van der Waals surface area contributed by atoms with Gasteiger partial charge in [0, 0.05) is 19.8 Å². The van der Waals surface area contributed by atoms with Gasteiger partial charge in [-0.3, -0.25) is 14.1 Å². The van der Waals surface area contributed by atoms with Crippen LogP contribution in [0.3, 0.4) is 0 Å². The lowest BCUT2D eigenvalue weighted by Gasteiger charge is -2.04. The fourth-order valence-electron chi connectivity index (χ4n) is 1.46. The molecule has 0 saturated heterocycles. The normalized spacial score (nSPS) is 11.7. The van der Waals surface area contributed by atoms with Gasteiger partial charge in [0.05, 0.1) is 23.8 Å². The Balaban J connectivity index is 2.30. The molecule has 7 nitrogen and oxygen atoms in total. The molecule has 0 aliphatic heterocycles. The average molecular weight is 269 g/mol. The molecule has 2 aromatic rings. The minimum atomic E-state index is -3.60. The molecule has 0 aliphatic rings. The minimum absolute atomic E-state index is 0.146. The van der Waals surface area contributed by atoms with Gasteiger partial charge in [-0.25, -0.2) is 8.42 Å². The molecular weight excluding hydrogens is 254 g/mol. The zero-order valence-corrected chi connectivity index (χ0v) is 11.3. The van der Waals surface area contributed by atoms with Crippen LogP contribution in [0.15, 0.2) is 23.5 Å². The first-order chi connectivity index (χ1) is 8.44. The van der Waals surface area contributed by atoms with Crippen molar-refractivity contribution in [3.63, 3.8) is 0 Å². The van der Waals surface area contributed by atoms with Crippen LogP contribution in [0.1, 0.15) is 12.6 Å². The SMILES string of the molecule is CCn1cc(S(=O)(=O)Nc2cnn(C)c2C)cn1. The Bertz CT molecular complexity index is 656. The molecule has 98 valence electrons. The molecule has 2 aromatic heterocycles. The second kappa shape index (κ2) is 4.45. The maximum Gasteiger partial charge on any atom is 0.265 e. The molecule has 0 aliphatic carbocycles. The van der Waals surface area contributed by atoms with Crippen LogP contribution in [0.4, 0.5) is 5.69 Å². The van der Waals surface area contributed by atoms with Crippen LogP contribution in [0.2, 0.25) is 0 Å². The van der Waals surface area contributed by atoms with E-state index in [-0.39, 0.29) is 4.90 Å². The highest BCUT2D eigenvalue weighted by Crippen LogP contribution is 2.18. The number of aromatic nitrogens is 4. The Hall–Kier alpha value is -1.83. The molecule has 18 heavy (non-hydrogen) atoms. The molecule has 8 heteroatoms. The summed E-state index contributed by atoms with van der Waals surface area (Å²) in [7, 11) is -1.85. The number of hydrogen-bond acceptors (Lipinski definition) is 4. The zero-order valence-electron chi connectivity index (χ0n) is 10.5.